The first-order chi connectivity index (χ1) is 14.4. The second kappa shape index (κ2) is 9.08. The van der Waals surface area contributed by atoms with E-state index in [0.29, 0.717) is 25.1 Å². The quantitative estimate of drug-likeness (QED) is 0.790. The monoisotopic (exact) mass is 430 g/mol. The van der Waals surface area contributed by atoms with Crippen molar-refractivity contribution in [2.75, 3.05) is 13.2 Å². The highest BCUT2D eigenvalue weighted by molar-refractivity contribution is 6.30. The third-order valence-electron chi connectivity index (χ3n) is 6.75. The van der Waals surface area contributed by atoms with Gasteiger partial charge in [-0.05, 0) is 62.8 Å². The molecule has 1 saturated carbocycles. The summed E-state index contributed by atoms with van der Waals surface area (Å²) in [5.74, 6) is 0.145. The molecule has 0 bridgehead atoms. The Bertz CT molecular complexity index is 854. The van der Waals surface area contributed by atoms with E-state index in [1.54, 1.807) is 0 Å². The van der Waals surface area contributed by atoms with E-state index < -0.39 is 6.10 Å². The number of nitrogens with zero attached hydrogens (tertiary/aromatic N) is 3. The number of aromatic nitrogens is 2. The van der Waals surface area contributed by atoms with Crippen molar-refractivity contribution in [2.24, 2.45) is 12.8 Å². The van der Waals surface area contributed by atoms with E-state index in [1.165, 1.54) is 17.0 Å². The molecule has 2 unspecified atom stereocenters. The van der Waals surface area contributed by atoms with Crippen molar-refractivity contribution >= 4 is 17.5 Å². The zero-order valence-corrected chi connectivity index (χ0v) is 18.5. The third kappa shape index (κ3) is 4.71. The fourth-order valence-electron chi connectivity index (χ4n) is 4.90. The molecule has 2 aliphatic rings. The fraction of sp³-hybridized carbons (Fsp3) is 0.565. The number of ether oxygens (including phenoxy) is 1. The maximum Gasteiger partial charge on any atom is 0.247 e. The van der Waals surface area contributed by atoms with Gasteiger partial charge in [0, 0.05) is 42.3 Å². The summed E-state index contributed by atoms with van der Waals surface area (Å²) in [4.78, 5) is 14.3. The Labute approximate surface area is 183 Å². The van der Waals surface area contributed by atoms with Crippen LogP contribution in [0, 0.1) is 6.92 Å². The third-order valence-corrected chi connectivity index (χ3v) is 7.01. The molecule has 1 aromatic heterocycles. The molecule has 2 atom stereocenters. The first-order valence-corrected chi connectivity index (χ1v) is 11.2. The molecule has 1 aliphatic heterocycles. The number of carbonyl (C=O) groups is 1. The van der Waals surface area contributed by atoms with Gasteiger partial charge in [0.2, 0.25) is 5.91 Å². The molecular formula is C23H31ClN4O2. The van der Waals surface area contributed by atoms with Crippen molar-refractivity contribution in [1.82, 2.24) is 14.7 Å². The van der Waals surface area contributed by atoms with Gasteiger partial charge in [0.05, 0.1) is 12.3 Å². The van der Waals surface area contributed by atoms with E-state index >= 15 is 0 Å². The molecule has 2 N–H and O–H groups in total. The Hall–Kier alpha value is -1.89. The maximum atomic E-state index is 11.8. The summed E-state index contributed by atoms with van der Waals surface area (Å²) in [5, 5.41) is 5.44. The number of amides is 1. The number of aryl methyl sites for hydroxylation is 2. The van der Waals surface area contributed by atoms with Gasteiger partial charge in [-0.1, -0.05) is 23.7 Å². The van der Waals surface area contributed by atoms with Crippen molar-refractivity contribution < 1.29 is 9.53 Å². The molecule has 2 heterocycles. The predicted molar refractivity (Wildman–Crippen MR) is 118 cm³/mol. The minimum atomic E-state index is -0.525. The lowest BCUT2D eigenvalue weighted by Gasteiger charge is -2.45. The van der Waals surface area contributed by atoms with E-state index in [1.807, 2.05) is 23.9 Å². The average molecular weight is 431 g/mol. The number of benzene rings is 1. The molecule has 162 valence electrons. The molecule has 1 aliphatic carbocycles. The van der Waals surface area contributed by atoms with Gasteiger partial charge >= 0.3 is 0 Å². The zero-order valence-electron chi connectivity index (χ0n) is 17.8. The molecule has 7 heteroatoms. The molecule has 4 rings (SSSR count). The molecule has 6 nitrogen and oxygen atoms in total. The number of primary amides is 1. The van der Waals surface area contributed by atoms with Crippen LogP contribution in [-0.4, -0.2) is 51.9 Å². The molecule has 0 spiro atoms. The molecule has 1 amide bonds. The number of carbonyl (C=O) groups excluding carboxylic acids is 1. The van der Waals surface area contributed by atoms with E-state index in [9.17, 15) is 4.79 Å². The van der Waals surface area contributed by atoms with E-state index in [0.717, 1.165) is 37.1 Å². The Morgan fingerprint density at radius 2 is 1.93 bits per heavy atom. The molecule has 1 saturated heterocycles. The van der Waals surface area contributed by atoms with Crippen LogP contribution in [0.2, 0.25) is 5.02 Å². The molecule has 1 aromatic carbocycles. The Morgan fingerprint density at radius 1 is 1.23 bits per heavy atom. The highest BCUT2D eigenvalue weighted by atomic mass is 35.5. The number of morpholine rings is 1. The van der Waals surface area contributed by atoms with Gasteiger partial charge in [0.25, 0.3) is 0 Å². The summed E-state index contributed by atoms with van der Waals surface area (Å²) < 4.78 is 7.78. The van der Waals surface area contributed by atoms with Crippen LogP contribution >= 0.6 is 11.6 Å². The van der Waals surface area contributed by atoms with Crippen LogP contribution in [0.3, 0.4) is 0 Å². The molecule has 0 radical (unpaired) electrons. The largest absolute Gasteiger partial charge is 0.367 e. The van der Waals surface area contributed by atoms with Crippen LogP contribution in [0.25, 0.3) is 0 Å². The fourth-order valence-corrected chi connectivity index (χ4v) is 5.02. The Balaban J connectivity index is 1.45. The first-order valence-electron chi connectivity index (χ1n) is 10.8. The number of halogens is 1. The topological polar surface area (TPSA) is 73.4 Å². The lowest BCUT2D eigenvalue weighted by Crippen LogP contribution is -2.58. The van der Waals surface area contributed by atoms with Gasteiger partial charge in [-0.25, -0.2) is 0 Å². The summed E-state index contributed by atoms with van der Waals surface area (Å²) in [5.41, 5.74) is 9.21. The summed E-state index contributed by atoms with van der Waals surface area (Å²) in [6, 6.07) is 10.9. The maximum absolute atomic E-state index is 11.8. The number of rotatable bonds is 5. The van der Waals surface area contributed by atoms with Gasteiger partial charge < -0.3 is 10.5 Å². The molecule has 2 aromatic rings. The normalized spacial score (nSPS) is 27.8. The SMILES string of the molecule is Cc1cc(C2CCC(N3CC(C(N)=O)OCC3Cc3ccc(Cl)cc3)CC2)nn1C. The lowest BCUT2D eigenvalue weighted by molar-refractivity contribution is -0.142. The van der Waals surface area contributed by atoms with Gasteiger partial charge in [0.1, 0.15) is 6.10 Å². The van der Waals surface area contributed by atoms with Crippen molar-refractivity contribution in [1.29, 1.82) is 0 Å². The summed E-state index contributed by atoms with van der Waals surface area (Å²) in [6.07, 6.45) is 4.79. The van der Waals surface area contributed by atoms with Crippen LogP contribution in [0.15, 0.2) is 30.3 Å². The lowest BCUT2D eigenvalue weighted by atomic mass is 9.82. The van der Waals surface area contributed by atoms with Crippen LogP contribution in [0.4, 0.5) is 0 Å². The van der Waals surface area contributed by atoms with E-state index in [-0.39, 0.29) is 11.9 Å². The van der Waals surface area contributed by atoms with Crippen LogP contribution in [0.5, 0.6) is 0 Å². The number of hydrogen-bond acceptors (Lipinski definition) is 4. The van der Waals surface area contributed by atoms with Gasteiger partial charge in [0.15, 0.2) is 0 Å². The van der Waals surface area contributed by atoms with Gasteiger partial charge in [-0.15, -0.1) is 0 Å². The van der Waals surface area contributed by atoms with Crippen molar-refractivity contribution in [3.63, 3.8) is 0 Å². The standard InChI is InChI=1S/C23H31ClN4O2/c1-15-11-21(26-27(15)2)17-5-9-19(10-6-17)28-13-22(23(25)29)30-14-20(28)12-16-3-7-18(24)8-4-16/h3-4,7-8,11,17,19-20,22H,5-6,9-10,12-14H2,1-2H3,(H2,25,29). The van der Waals surface area contributed by atoms with E-state index in [4.69, 9.17) is 27.2 Å². The summed E-state index contributed by atoms with van der Waals surface area (Å²) in [7, 11) is 2.00. The zero-order chi connectivity index (χ0) is 21.3. The van der Waals surface area contributed by atoms with Crippen LogP contribution < -0.4 is 5.73 Å². The van der Waals surface area contributed by atoms with Gasteiger partial charge in [-0.2, -0.15) is 5.10 Å². The summed E-state index contributed by atoms with van der Waals surface area (Å²) in [6.45, 7) is 3.20. The highest BCUT2D eigenvalue weighted by Gasteiger charge is 2.37. The minimum Gasteiger partial charge on any atom is -0.367 e. The van der Waals surface area contributed by atoms with Crippen molar-refractivity contribution in [2.45, 2.75) is 63.1 Å². The van der Waals surface area contributed by atoms with Gasteiger partial charge in [-0.3, -0.25) is 14.4 Å². The van der Waals surface area contributed by atoms with Crippen LogP contribution in [-0.2, 0) is 23.0 Å². The second-order valence-corrected chi connectivity index (χ2v) is 9.18. The molecule has 30 heavy (non-hydrogen) atoms. The Kier molecular flexibility index (Phi) is 6.46. The van der Waals surface area contributed by atoms with Crippen molar-refractivity contribution in [3.8, 4) is 0 Å². The smallest absolute Gasteiger partial charge is 0.247 e. The Morgan fingerprint density at radius 3 is 2.53 bits per heavy atom. The highest BCUT2D eigenvalue weighted by Crippen LogP contribution is 2.36. The van der Waals surface area contributed by atoms with E-state index in [2.05, 4.69) is 30.0 Å². The predicted octanol–water partition coefficient (Wildman–Crippen LogP) is 3.21. The number of nitrogens with two attached hydrogens (primary N) is 1. The first kappa shape index (κ1) is 21.3. The van der Waals surface area contributed by atoms with Crippen molar-refractivity contribution in [3.05, 3.63) is 52.3 Å². The second-order valence-electron chi connectivity index (χ2n) is 8.75. The molecular weight excluding hydrogens is 400 g/mol. The minimum absolute atomic E-state index is 0.237. The average Bonchev–Trinajstić information content (AvgIpc) is 3.08. The summed E-state index contributed by atoms with van der Waals surface area (Å²) >= 11 is 6.04. The van der Waals surface area contributed by atoms with Crippen LogP contribution in [0.1, 0.15) is 48.6 Å². The number of hydrogen-bond donors (Lipinski definition) is 1. The molecule has 2 fully saturated rings.